The van der Waals surface area contributed by atoms with Crippen LogP contribution in [0.2, 0.25) is 0 Å². The Bertz CT molecular complexity index is 960. The second-order valence-electron chi connectivity index (χ2n) is 7.87. The highest BCUT2D eigenvalue weighted by Crippen LogP contribution is 2.20. The molecule has 0 saturated heterocycles. The summed E-state index contributed by atoms with van der Waals surface area (Å²) >= 11 is 3.47. The second-order valence-corrected chi connectivity index (χ2v) is 8.66. The number of ether oxygens (including phenoxy) is 1. The zero-order chi connectivity index (χ0) is 22.4. The number of benzene rings is 3. The molecule has 3 aromatic carbocycles. The molecule has 32 heavy (non-hydrogen) atoms. The van der Waals surface area contributed by atoms with Gasteiger partial charge in [0.1, 0.15) is 5.75 Å². The van der Waals surface area contributed by atoms with Gasteiger partial charge in [0, 0.05) is 10.9 Å². The SMILES string of the molecule is O=C(C=Cc1ccc(OCCCCCCCCBr)cc1)c1ccc(-c2ccccc2)cc1. The predicted octanol–water partition coefficient (Wildman–Crippen LogP) is 8.36. The van der Waals surface area contributed by atoms with Gasteiger partial charge in [0.25, 0.3) is 0 Å². The van der Waals surface area contributed by atoms with Gasteiger partial charge in [0.2, 0.25) is 0 Å². The van der Waals surface area contributed by atoms with Crippen molar-refractivity contribution in [3.05, 3.63) is 96.1 Å². The number of alkyl halides is 1. The lowest BCUT2D eigenvalue weighted by Gasteiger charge is -2.06. The van der Waals surface area contributed by atoms with Crippen LogP contribution in [-0.2, 0) is 0 Å². The first-order valence-electron chi connectivity index (χ1n) is 11.4. The van der Waals surface area contributed by atoms with Crippen LogP contribution in [0.25, 0.3) is 17.2 Å². The Kier molecular flexibility index (Phi) is 10.3. The third-order valence-corrected chi connectivity index (χ3v) is 5.94. The molecule has 3 rings (SSSR count). The van der Waals surface area contributed by atoms with Gasteiger partial charge >= 0.3 is 0 Å². The summed E-state index contributed by atoms with van der Waals surface area (Å²) in [5.41, 5.74) is 3.93. The van der Waals surface area contributed by atoms with E-state index in [9.17, 15) is 4.79 Å². The summed E-state index contributed by atoms with van der Waals surface area (Å²) in [6.07, 6.45) is 11.0. The van der Waals surface area contributed by atoms with Crippen molar-refractivity contribution >= 4 is 27.8 Å². The van der Waals surface area contributed by atoms with Crippen LogP contribution in [0.1, 0.15) is 54.4 Å². The summed E-state index contributed by atoms with van der Waals surface area (Å²) in [4.78, 5) is 12.5. The summed E-state index contributed by atoms with van der Waals surface area (Å²) in [5.74, 6) is 0.880. The number of halogens is 1. The van der Waals surface area contributed by atoms with E-state index in [1.807, 2.05) is 72.8 Å². The van der Waals surface area contributed by atoms with Gasteiger partial charge in [-0.05, 0) is 47.7 Å². The van der Waals surface area contributed by atoms with Crippen molar-refractivity contribution < 1.29 is 9.53 Å². The van der Waals surface area contributed by atoms with Crippen LogP contribution in [-0.4, -0.2) is 17.7 Å². The topological polar surface area (TPSA) is 26.3 Å². The minimum atomic E-state index is 0.000993. The number of allylic oxidation sites excluding steroid dienone is 1. The Morgan fingerprint density at radius 3 is 2.03 bits per heavy atom. The number of unbranched alkanes of at least 4 members (excludes halogenated alkanes) is 5. The summed E-state index contributed by atoms with van der Waals surface area (Å²) in [7, 11) is 0. The molecule has 0 N–H and O–H groups in total. The predicted molar refractivity (Wildman–Crippen MR) is 139 cm³/mol. The Morgan fingerprint density at radius 2 is 1.34 bits per heavy atom. The Hall–Kier alpha value is -2.65. The molecule has 0 heterocycles. The van der Waals surface area contributed by atoms with E-state index in [1.54, 1.807) is 6.08 Å². The molecular formula is C29H31BrO2. The molecule has 0 fully saturated rings. The van der Waals surface area contributed by atoms with Gasteiger partial charge in [0.05, 0.1) is 6.61 Å². The van der Waals surface area contributed by atoms with Crippen molar-refractivity contribution in [2.45, 2.75) is 38.5 Å². The quantitative estimate of drug-likeness (QED) is 0.104. The fourth-order valence-corrected chi connectivity index (χ4v) is 3.89. The van der Waals surface area contributed by atoms with Gasteiger partial charge in [0.15, 0.2) is 5.78 Å². The standard InChI is InChI=1S/C29H31BrO2/c30-22-8-3-1-2-4-9-23-32-28-19-12-24(13-20-28)14-21-29(31)27-17-15-26(16-18-27)25-10-6-5-7-11-25/h5-7,10-21H,1-4,8-9,22-23H2. The van der Waals surface area contributed by atoms with E-state index in [0.29, 0.717) is 5.56 Å². The lowest BCUT2D eigenvalue weighted by molar-refractivity contribution is 0.104. The molecule has 0 unspecified atom stereocenters. The largest absolute Gasteiger partial charge is 0.494 e. The zero-order valence-corrected chi connectivity index (χ0v) is 20.1. The van der Waals surface area contributed by atoms with Crippen molar-refractivity contribution in [3.8, 4) is 16.9 Å². The number of carbonyl (C=O) groups excluding carboxylic acids is 1. The van der Waals surface area contributed by atoms with E-state index < -0.39 is 0 Å². The molecule has 0 bridgehead atoms. The van der Waals surface area contributed by atoms with Crippen LogP contribution < -0.4 is 4.74 Å². The first-order valence-corrected chi connectivity index (χ1v) is 12.5. The third-order valence-electron chi connectivity index (χ3n) is 5.38. The molecule has 166 valence electrons. The molecule has 0 radical (unpaired) electrons. The highest BCUT2D eigenvalue weighted by Gasteiger charge is 2.03. The maximum absolute atomic E-state index is 12.5. The smallest absolute Gasteiger partial charge is 0.185 e. The van der Waals surface area contributed by atoms with Gasteiger partial charge in [-0.25, -0.2) is 0 Å². The van der Waals surface area contributed by atoms with E-state index in [4.69, 9.17) is 4.74 Å². The molecule has 0 saturated carbocycles. The van der Waals surface area contributed by atoms with Gasteiger partial charge < -0.3 is 4.74 Å². The highest BCUT2D eigenvalue weighted by atomic mass is 79.9. The zero-order valence-electron chi connectivity index (χ0n) is 18.5. The Balaban J connectivity index is 1.42. The summed E-state index contributed by atoms with van der Waals surface area (Å²) in [6, 6.07) is 25.8. The number of hydrogen-bond acceptors (Lipinski definition) is 2. The maximum atomic E-state index is 12.5. The summed E-state index contributed by atoms with van der Waals surface area (Å²) < 4.78 is 5.83. The lowest BCUT2D eigenvalue weighted by atomic mass is 10.0. The molecule has 0 aliphatic rings. The van der Waals surface area contributed by atoms with E-state index in [0.717, 1.165) is 40.8 Å². The van der Waals surface area contributed by atoms with E-state index in [-0.39, 0.29) is 5.78 Å². The number of carbonyl (C=O) groups is 1. The first kappa shape index (κ1) is 24.0. The fraction of sp³-hybridized carbons (Fsp3) is 0.276. The second kappa shape index (κ2) is 13.7. The van der Waals surface area contributed by atoms with Crippen LogP contribution in [0.4, 0.5) is 0 Å². The van der Waals surface area contributed by atoms with E-state index in [1.165, 1.54) is 32.1 Å². The molecule has 0 aliphatic heterocycles. The van der Waals surface area contributed by atoms with Crippen molar-refractivity contribution in [2.75, 3.05) is 11.9 Å². The average molecular weight is 491 g/mol. The molecular weight excluding hydrogens is 460 g/mol. The fourth-order valence-electron chi connectivity index (χ4n) is 3.49. The van der Waals surface area contributed by atoms with Crippen LogP contribution in [0.5, 0.6) is 5.75 Å². The highest BCUT2D eigenvalue weighted by molar-refractivity contribution is 9.09. The number of hydrogen-bond donors (Lipinski definition) is 0. The van der Waals surface area contributed by atoms with Gasteiger partial charge in [-0.2, -0.15) is 0 Å². The van der Waals surface area contributed by atoms with Crippen molar-refractivity contribution in [3.63, 3.8) is 0 Å². The Labute approximate surface area is 200 Å². The number of ketones is 1. The molecule has 3 heteroatoms. The molecule has 0 amide bonds. The molecule has 0 aromatic heterocycles. The monoisotopic (exact) mass is 490 g/mol. The molecule has 3 aromatic rings. The van der Waals surface area contributed by atoms with Crippen LogP contribution in [0.3, 0.4) is 0 Å². The van der Waals surface area contributed by atoms with Crippen LogP contribution in [0, 0.1) is 0 Å². The van der Waals surface area contributed by atoms with E-state index >= 15 is 0 Å². The number of rotatable bonds is 13. The minimum Gasteiger partial charge on any atom is -0.494 e. The van der Waals surface area contributed by atoms with Crippen molar-refractivity contribution in [2.24, 2.45) is 0 Å². The van der Waals surface area contributed by atoms with Crippen molar-refractivity contribution in [1.29, 1.82) is 0 Å². The minimum absolute atomic E-state index is 0.000993. The maximum Gasteiger partial charge on any atom is 0.185 e. The van der Waals surface area contributed by atoms with Gasteiger partial charge in [-0.1, -0.05) is 114 Å². The normalized spacial score (nSPS) is 11.0. The lowest BCUT2D eigenvalue weighted by Crippen LogP contribution is -1.97. The molecule has 0 aliphatic carbocycles. The molecule has 2 nitrogen and oxygen atoms in total. The van der Waals surface area contributed by atoms with E-state index in [2.05, 4.69) is 28.1 Å². The van der Waals surface area contributed by atoms with Gasteiger partial charge in [-0.15, -0.1) is 0 Å². The molecule has 0 spiro atoms. The van der Waals surface area contributed by atoms with Crippen LogP contribution in [0.15, 0.2) is 84.9 Å². The summed E-state index contributed by atoms with van der Waals surface area (Å²) in [6.45, 7) is 0.755. The van der Waals surface area contributed by atoms with Crippen LogP contribution >= 0.6 is 15.9 Å². The molecule has 0 atom stereocenters. The summed E-state index contributed by atoms with van der Waals surface area (Å²) in [5, 5.41) is 1.11. The Morgan fingerprint density at radius 1 is 0.719 bits per heavy atom. The van der Waals surface area contributed by atoms with Crippen molar-refractivity contribution in [1.82, 2.24) is 0 Å². The van der Waals surface area contributed by atoms with Gasteiger partial charge in [-0.3, -0.25) is 4.79 Å². The third kappa shape index (κ3) is 8.12. The first-order chi connectivity index (χ1) is 15.8. The average Bonchev–Trinajstić information content (AvgIpc) is 2.85.